The van der Waals surface area contributed by atoms with Gasteiger partial charge in [-0.3, -0.25) is 47.7 Å². The smallest absolute Gasteiger partial charge is 0.396 e. The summed E-state index contributed by atoms with van der Waals surface area (Å²) in [7, 11) is -5.11. The van der Waals surface area contributed by atoms with Crippen molar-refractivity contribution in [3.8, 4) is 16.2 Å². The van der Waals surface area contributed by atoms with Crippen molar-refractivity contribution >= 4 is 82.6 Å². The Balaban J connectivity index is 0.870. The van der Waals surface area contributed by atoms with Gasteiger partial charge in [-0.2, -0.15) is 0 Å². The van der Waals surface area contributed by atoms with Gasteiger partial charge in [0, 0.05) is 68.3 Å². The number of amides is 8. The highest BCUT2D eigenvalue weighted by atomic mass is 32.1. The predicted molar refractivity (Wildman–Crippen MR) is 318 cm³/mol. The Morgan fingerprint density at radius 3 is 2.32 bits per heavy atom. The van der Waals surface area contributed by atoms with E-state index in [0.717, 1.165) is 21.7 Å². The summed E-state index contributed by atoms with van der Waals surface area (Å²) in [5.74, 6) is -5.50. The number of H-pyrrole nitrogens is 1. The van der Waals surface area contributed by atoms with Crippen LogP contribution in [-0.2, 0) is 44.5 Å². The summed E-state index contributed by atoms with van der Waals surface area (Å²) in [5.41, 5.74) is 8.00. The van der Waals surface area contributed by atoms with Gasteiger partial charge in [0.25, 0.3) is 11.4 Å². The first-order valence-corrected chi connectivity index (χ1v) is 31.3. The number of aryl methyl sites for hydroxylation is 2. The van der Waals surface area contributed by atoms with Crippen LogP contribution in [0.3, 0.4) is 0 Å². The van der Waals surface area contributed by atoms with Crippen LogP contribution in [0.1, 0.15) is 130 Å². The van der Waals surface area contributed by atoms with E-state index in [4.69, 9.17) is 10.5 Å². The summed E-state index contributed by atoms with van der Waals surface area (Å²) >= 11 is 1.54. The number of aromatic amines is 1. The maximum atomic E-state index is 16.2. The zero-order valence-electron chi connectivity index (χ0n) is 49.2. The van der Waals surface area contributed by atoms with Gasteiger partial charge in [-0.1, -0.05) is 57.2 Å². The summed E-state index contributed by atoms with van der Waals surface area (Å²) in [6, 6.07) is 10.9. The van der Waals surface area contributed by atoms with Gasteiger partial charge in [-0.15, -0.1) is 11.3 Å². The number of fused-ring (bicyclic) bond motifs is 2. The molecule has 3 aliphatic rings. The Labute approximate surface area is 505 Å². The lowest BCUT2D eigenvalue weighted by Gasteiger charge is -2.38. The fourth-order valence-corrected chi connectivity index (χ4v) is 12.7. The Morgan fingerprint density at radius 2 is 1.66 bits per heavy atom. The maximum Gasteiger partial charge on any atom is 0.396 e. The van der Waals surface area contributed by atoms with Crippen molar-refractivity contribution in [2.45, 2.75) is 148 Å². The van der Waals surface area contributed by atoms with Crippen LogP contribution >= 0.6 is 18.9 Å². The fourth-order valence-electron chi connectivity index (χ4n) is 11.4. The third kappa shape index (κ3) is 15.8. The molecule has 0 unspecified atom stereocenters. The van der Waals surface area contributed by atoms with Gasteiger partial charge in [0.1, 0.15) is 36.5 Å². The lowest BCUT2D eigenvalue weighted by Crippen LogP contribution is -2.61. The zero-order valence-corrected chi connectivity index (χ0v) is 50.9. The third-order valence-electron chi connectivity index (χ3n) is 16.1. The van der Waals surface area contributed by atoms with Gasteiger partial charge < -0.3 is 66.3 Å². The highest BCUT2D eigenvalue weighted by molar-refractivity contribution is 7.70. The molecule has 0 saturated carbocycles. The predicted octanol–water partition coefficient (Wildman–Crippen LogP) is 4.29. The van der Waals surface area contributed by atoms with Crippen LogP contribution in [0.2, 0.25) is 0 Å². The van der Waals surface area contributed by atoms with Gasteiger partial charge in [0.15, 0.2) is 11.6 Å². The molecule has 2 aromatic heterocycles. The molecule has 3 fully saturated rings. The van der Waals surface area contributed by atoms with E-state index in [-0.39, 0.29) is 105 Å². The van der Waals surface area contributed by atoms with Crippen LogP contribution in [-0.4, -0.2) is 161 Å². The number of thiazole rings is 1. The average molecular weight is 1240 g/mol. The number of aliphatic hydroxyl groups is 1. The third-order valence-corrected chi connectivity index (χ3v) is 17.9. The second-order valence-electron chi connectivity index (χ2n) is 23.6. The van der Waals surface area contributed by atoms with Crippen LogP contribution in [0.25, 0.3) is 21.3 Å². The van der Waals surface area contributed by atoms with Gasteiger partial charge >= 0.3 is 7.60 Å². The van der Waals surface area contributed by atoms with Gasteiger partial charge in [-0.25, -0.2) is 9.37 Å². The van der Waals surface area contributed by atoms with Crippen molar-refractivity contribution in [1.82, 2.24) is 45.9 Å². The molecular weight excluding hydrogens is 1170 g/mol. The second kappa shape index (κ2) is 27.4. The molecule has 10 N–H and O–H groups in total. The summed E-state index contributed by atoms with van der Waals surface area (Å²) < 4.78 is 33.8. The number of likely N-dealkylation sites (tertiary alicyclic amines) is 1. The van der Waals surface area contributed by atoms with E-state index in [2.05, 4.69) is 31.2 Å². The monoisotopic (exact) mass is 1240 g/mol. The summed E-state index contributed by atoms with van der Waals surface area (Å²) in [4.78, 5) is 153. The van der Waals surface area contributed by atoms with Crippen molar-refractivity contribution in [2.24, 2.45) is 11.1 Å². The van der Waals surface area contributed by atoms with Crippen molar-refractivity contribution in [1.29, 1.82) is 0 Å². The van der Waals surface area contributed by atoms with Crippen molar-refractivity contribution in [2.75, 3.05) is 26.2 Å². The molecular formula is C60H74FN10O14PS. The highest BCUT2D eigenvalue weighted by Gasteiger charge is 2.47. The first kappa shape index (κ1) is 65.1. The summed E-state index contributed by atoms with van der Waals surface area (Å²) in [6.07, 6.45) is -0.199. The Hall–Kier alpha value is -7.90. The molecule has 0 aliphatic carbocycles. The standard InChI is InChI=1S/C60H74FN10O14PS/c1-32(35-13-15-37(16-14-35)52-33(2)63-31-87-52)64-56(78)47-27-42(73)28-70(47)58(80)53(60(4,5)6)68-50(75)12-8-10-36-9-7-11-48(51(36)61)85-30-40(18-22-49(62)74)65-55(77)46-21-19-41-23-24-69(34(3)72)29-45(57(79)71(41)46)67-54(76)44-26-39-25-38(17-20-43(39)66-44)59(81)86(82,83)84/h7,9,11,13-17,20,25-26,31-32,40-42,45-47,53,66,73H,8,10,12,18-19,21-24,27-30H2,1-6H3,(H2,62,74)(H,64,78)(H,65,77)(H,67,76)(H,68,75)(H2,82,83,84)/t32-,40-,41+,42+,45-,46-,47-,53+/m0/s1. The number of nitrogens with one attached hydrogen (secondary N) is 5. The number of primary amides is 1. The molecule has 27 heteroatoms. The molecule has 0 radical (unpaired) electrons. The molecule has 3 saturated heterocycles. The second-order valence-corrected chi connectivity index (χ2v) is 25.9. The van der Waals surface area contributed by atoms with Crippen LogP contribution < -0.4 is 31.7 Å². The van der Waals surface area contributed by atoms with Gasteiger partial charge in [-0.05, 0) is 105 Å². The van der Waals surface area contributed by atoms with E-state index in [9.17, 15) is 62.6 Å². The Kier molecular flexibility index (Phi) is 20.5. The largest absolute Gasteiger partial charge is 0.488 e. The van der Waals surface area contributed by atoms with Crippen LogP contribution in [0, 0.1) is 18.2 Å². The van der Waals surface area contributed by atoms with Crippen molar-refractivity contribution in [3.63, 3.8) is 0 Å². The van der Waals surface area contributed by atoms with E-state index in [0.29, 0.717) is 18.4 Å². The topological polar surface area (TPSA) is 353 Å². The van der Waals surface area contributed by atoms with Crippen molar-refractivity contribution in [3.05, 3.63) is 106 Å². The number of benzene rings is 3. The zero-order chi connectivity index (χ0) is 63.2. The average Bonchev–Trinajstić information content (AvgIpc) is 2.34. The minimum atomic E-state index is -5.11. The van der Waals surface area contributed by atoms with E-state index < -0.39 is 114 Å². The van der Waals surface area contributed by atoms with E-state index >= 15 is 4.39 Å². The maximum absolute atomic E-state index is 16.2. The SMILES string of the molecule is CC(=O)N1CC[C@H]2CC[C@@H](C(=O)N[C@@H](CCC(N)=O)COc3cccc(CCCC(=O)N[C@H](C(=O)N4C[C@H](O)C[C@H]4C(=O)N[C@@H](C)c4ccc(-c5scnc5C)cc4)C(C)(C)C)c3F)N2C(=O)[C@@H](NC(=O)c2cc3cc(C(=O)P(=O)(O)O)ccc3[nH]2)C1. The number of halogens is 1. The minimum Gasteiger partial charge on any atom is -0.488 e. The van der Waals surface area contributed by atoms with Gasteiger partial charge in [0.2, 0.25) is 41.4 Å². The van der Waals surface area contributed by atoms with Crippen molar-refractivity contribution < 1.29 is 71.7 Å². The first-order chi connectivity index (χ1) is 41.1. The fraction of sp³-hybridized carbons (Fsp3) is 0.467. The minimum absolute atomic E-state index is 0.00803. The first-order valence-electron chi connectivity index (χ1n) is 28.8. The molecule has 5 heterocycles. The highest BCUT2D eigenvalue weighted by Crippen LogP contribution is 2.40. The molecule has 8 atom stereocenters. The molecule has 3 aromatic carbocycles. The Bertz CT molecular complexity index is 3490. The van der Waals surface area contributed by atoms with Gasteiger partial charge in [0.05, 0.1) is 34.3 Å². The van der Waals surface area contributed by atoms with Crippen LogP contribution in [0.4, 0.5) is 4.39 Å². The molecule has 466 valence electrons. The number of nitrogens with two attached hydrogens (primary N) is 1. The number of aromatic nitrogens is 2. The van der Waals surface area contributed by atoms with E-state index in [1.54, 1.807) is 32.3 Å². The number of hydrogen-bond donors (Lipinski definition) is 9. The van der Waals surface area contributed by atoms with E-state index in [1.165, 1.54) is 69.4 Å². The lowest BCUT2D eigenvalue weighted by molar-refractivity contribution is -0.145. The number of carbonyl (C=O) groups is 9. The quantitative estimate of drug-likeness (QED) is 0.0437. The van der Waals surface area contributed by atoms with Crippen LogP contribution in [0.5, 0.6) is 5.75 Å². The number of ether oxygens (including phenoxy) is 1. The van der Waals surface area contributed by atoms with E-state index in [1.807, 2.05) is 38.1 Å². The number of aliphatic hydroxyl groups excluding tert-OH is 1. The number of rotatable bonds is 22. The molecule has 24 nitrogen and oxygen atoms in total. The number of nitrogens with zero attached hydrogens (tertiary/aromatic N) is 4. The summed E-state index contributed by atoms with van der Waals surface area (Å²) in [6.45, 7) is 9.92. The lowest BCUT2D eigenvalue weighted by atomic mass is 9.85. The molecule has 8 rings (SSSR count). The molecule has 3 aliphatic heterocycles. The summed E-state index contributed by atoms with van der Waals surface area (Å²) in [5, 5.41) is 22.4. The van der Waals surface area contributed by atoms with Crippen LogP contribution in [0.15, 0.2) is 72.2 Å². The molecule has 87 heavy (non-hydrogen) atoms. The number of β-amino-alcohol motifs (C(OH)–C–C–N with tert-alkyl or cyclic N) is 1. The Morgan fingerprint density at radius 1 is 0.931 bits per heavy atom. The molecule has 8 amide bonds. The number of carbonyl (C=O) groups excluding carboxylic acids is 9. The molecule has 5 aromatic rings. The number of hydrogen-bond acceptors (Lipinski definition) is 14. The molecule has 0 spiro atoms. The normalized spacial score (nSPS) is 20.0. The molecule has 0 bridgehead atoms.